The van der Waals surface area contributed by atoms with Crippen molar-refractivity contribution in [1.82, 2.24) is 19.9 Å². The van der Waals surface area contributed by atoms with Crippen LogP contribution in [-0.4, -0.2) is 19.9 Å². The van der Waals surface area contributed by atoms with E-state index in [1.54, 1.807) is 0 Å². The molecule has 0 amide bonds. The summed E-state index contributed by atoms with van der Waals surface area (Å²) in [5.74, 6) is 1.22. The third-order valence-electron chi connectivity index (χ3n) is 4.27. The summed E-state index contributed by atoms with van der Waals surface area (Å²) in [6, 6.07) is 7.90. The second-order valence-corrected chi connectivity index (χ2v) is 5.79. The molecule has 2 aromatic heterocycles. The molecule has 0 spiro atoms. The lowest BCUT2D eigenvalue weighted by molar-refractivity contribution is 0.385. The Morgan fingerprint density at radius 3 is 2.50 bits per heavy atom. The van der Waals surface area contributed by atoms with Crippen LogP contribution in [-0.2, 0) is 32.9 Å². The van der Waals surface area contributed by atoms with E-state index in [9.17, 15) is 0 Å². The molecule has 24 heavy (non-hydrogen) atoms. The van der Waals surface area contributed by atoms with E-state index in [0.29, 0.717) is 24.7 Å². The molecule has 0 aliphatic carbocycles. The first kappa shape index (κ1) is 16.4. The first-order chi connectivity index (χ1) is 11.7. The molecule has 0 bridgehead atoms. The second-order valence-electron chi connectivity index (χ2n) is 5.79. The van der Waals surface area contributed by atoms with Gasteiger partial charge in [0.05, 0.1) is 12.1 Å². The van der Waals surface area contributed by atoms with Crippen molar-refractivity contribution in [1.29, 1.82) is 0 Å². The molecule has 3 aromatic rings. The summed E-state index contributed by atoms with van der Waals surface area (Å²) in [5.41, 5.74) is 11.2. The van der Waals surface area contributed by atoms with Gasteiger partial charge in [-0.25, -0.2) is 0 Å². The number of hydrogen-bond donors (Lipinski definition) is 1. The van der Waals surface area contributed by atoms with E-state index in [0.717, 1.165) is 29.7 Å². The monoisotopic (exact) mass is 325 g/mol. The van der Waals surface area contributed by atoms with Crippen LogP contribution >= 0.6 is 0 Å². The van der Waals surface area contributed by atoms with Gasteiger partial charge in [-0.15, -0.1) is 0 Å². The standard InChI is InChI=1S/C18H23N5O/c1-4-15-14(16(5-2)23(3)21-15)10-17-20-18(22-24-17)13-8-6-12(11-19)7-9-13/h6-9H,4-5,10-11,19H2,1-3H3. The van der Waals surface area contributed by atoms with Crippen LogP contribution in [0, 0.1) is 0 Å². The minimum absolute atomic E-state index is 0.526. The molecule has 0 saturated heterocycles. The van der Waals surface area contributed by atoms with Crippen LogP contribution in [0.25, 0.3) is 11.4 Å². The summed E-state index contributed by atoms with van der Waals surface area (Å²) in [5, 5.41) is 8.71. The van der Waals surface area contributed by atoms with Gasteiger partial charge in [-0.3, -0.25) is 4.68 Å². The van der Waals surface area contributed by atoms with Crippen LogP contribution in [0.5, 0.6) is 0 Å². The smallest absolute Gasteiger partial charge is 0.231 e. The summed E-state index contributed by atoms with van der Waals surface area (Å²) in [7, 11) is 1.99. The summed E-state index contributed by atoms with van der Waals surface area (Å²) < 4.78 is 7.42. The Labute approximate surface area is 141 Å². The van der Waals surface area contributed by atoms with Gasteiger partial charge in [-0.05, 0) is 18.4 Å². The van der Waals surface area contributed by atoms with Crippen molar-refractivity contribution < 1.29 is 4.52 Å². The number of benzene rings is 1. The lowest BCUT2D eigenvalue weighted by Gasteiger charge is -2.01. The summed E-state index contributed by atoms with van der Waals surface area (Å²) in [6.45, 7) is 4.78. The van der Waals surface area contributed by atoms with Gasteiger partial charge < -0.3 is 10.3 Å². The zero-order valence-electron chi connectivity index (χ0n) is 14.4. The summed E-state index contributed by atoms with van der Waals surface area (Å²) in [6.07, 6.45) is 2.44. The maximum Gasteiger partial charge on any atom is 0.231 e. The highest BCUT2D eigenvalue weighted by molar-refractivity contribution is 5.54. The van der Waals surface area contributed by atoms with E-state index in [1.807, 2.05) is 36.0 Å². The molecule has 1 aromatic carbocycles. The molecule has 126 valence electrons. The zero-order chi connectivity index (χ0) is 17.1. The van der Waals surface area contributed by atoms with Crippen molar-refractivity contribution in [2.45, 2.75) is 39.7 Å². The number of nitrogens with two attached hydrogens (primary N) is 1. The molecule has 0 atom stereocenters. The molecule has 0 saturated carbocycles. The van der Waals surface area contributed by atoms with Crippen LogP contribution in [0.15, 0.2) is 28.8 Å². The molecule has 6 nitrogen and oxygen atoms in total. The van der Waals surface area contributed by atoms with Crippen molar-refractivity contribution in [3.8, 4) is 11.4 Å². The predicted molar refractivity (Wildman–Crippen MR) is 92.4 cm³/mol. The first-order valence-electron chi connectivity index (χ1n) is 8.31. The van der Waals surface area contributed by atoms with Gasteiger partial charge in [0, 0.05) is 30.4 Å². The quantitative estimate of drug-likeness (QED) is 0.753. The Bertz CT molecular complexity index is 817. The number of aryl methyl sites for hydroxylation is 2. The predicted octanol–water partition coefficient (Wildman–Crippen LogP) is 2.64. The van der Waals surface area contributed by atoms with Gasteiger partial charge in [0.2, 0.25) is 11.7 Å². The number of hydrogen-bond acceptors (Lipinski definition) is 5. The zero-order valence-corrected chi connectivity index (χ0v) is 14.4. The fourth-order valence-corrected chi connectivity index (χ4v) is 2.98. The summed E-state index contributed by atoms with van der Waals surface area (Å²) in [4.78, 5) is 4.55. The molecule has 2 N–H and O–H groups in total. The van der Waals surface area contributed by atoms with E-state index < -0.39 is 0 Å². The Kier molecular flexibility index (Phi) is 4.76. The second kappa shape index (κ2) is 6.97. The molecule has 3 rings (SSSR count). The van der Waals surface area contributed by atoms with Crippen LogP contribution < -0.4 is 5.73 Å². The molecular formula is C18H23N5O. The van der Waals surface area contributed by atoms with Crippen LogP contribution in [0.1, 0.15) is 42.3 Å². The normalized spacial score (nSPS) is 11.2. The third-order valence-corrected chi connectivity index (χ3v) is 4.27. The molecule has 0 aliphatic rings. The molecule has 2 heterocycles. The average molecular weight is 325 g/mol. The Morgan fingerprint density at radius 2 is 1.88 bits per heavy atom. The fraction of sp³-hybridized carbons (Fsp3) is 0.389. The topological polar surface area (TPSA) is 82.8 Å². The molecule has 6 heteroatoms. The SMILES string of the molecule is CCc1nn(C)c(CC)c1Cc1nc(-c2ccc(CN)cc2)no1. The van der Waals surface area contributed by atoms with Crippen molar-refractivity contribution in [2.24, 2.45) is 12.8 Å². The van der Waals surface area contributed by atoms with E-state index in [2.05, 4.69) is 29.1 Å². The minimum atomic E-state index is 0.526. The van der Waals surface area contributed by atoms with E-state index in [4.69, 9.17) is 10.3 Å². The number of nitrogens with zero attached hydrogens (tertiary/aromatic N) is 4. The average Bonchev–Trinajstić information content (AvgIpc) is 3.19. The molecule has 0 radical (unpaired) electrons. The fourth-order valence-electron chi connectivity index (χ4n) is 2.98. The molecule has 0 fully saturated rings. The van der Waals surface area contributed by atoms with Crippen molar-refractivity contribution >= 4 is 0 Å². The van der Waals surface area contributed by atoms with Crippen LogP contribution in [0.3, 0.4) is 0 Å². The Balaban J connectivity index is 1.86. The van der Waals surface area contributed by atoms with E-state index in [1.165, 1.54) is 11.3 Å². The largest absolute Gasteiger partial charge is 0.339 e. The Hall–Kier alpha value is -2.47. The Morgan fingerprint density at radius 1 is 1.12 bits per heavy atom. The lowest BCUT2D eigenvalue weighted by atomic mass is 10.1. The lowest BCUT2D eigenvalue weighted by Crippen LogP contribution is -1.99. The van der Waals surface area contributed by atoms with E-state index >= 15 is 0 Å². The highest BCUT2D eigenvalue weighted by Gasteiger charge is 2.17. The first-order valence-corrected chi connectivity index (χ1v) is 8.31. The van der Waals surface area contributed by atoms with Gasteiger partial charge in [-0.2, -0.15) is 10.1 Å². The van der Waals surface area contributed by atoms with Crippen LogP contribution in [0.2, 0.25) is 0 Å². The van der Waals surface area contributed by atoms with Gasteiger partial charge in [0.15, 0.2) is 0 Å². The van der Waals surface area contributed by atoms with Gasteiger partial charge >= 0.3 is 0 Å². The van der Waals surface area contributed by atoms with Gasteiger partial charge in [-0.1, -0.05) is 43.3 Å². The van der Waals surface area contributed by atoms with Crippen molar-refractivity contribution in [3.05, 3.63) is 52.7 Å². The third kappa shape index (κ3) is 3.10. The van der Waals surface area contributed by atoms with Crippen molar-refractivity contribution in [3.63, 3.8) is 0 Å². The highest BCUT2D eigenvalue weighted by Crippen LogP contribution is 2.21. The minimum Gasteiger partial charge on any atom is -0.339 e. The maximum absolute atomic E-state index is 5.63. The number of aromatic nitrogens is 4. The number of rotatable bonds is 6. The maximum atomic E-state index is 5.63. The van der Waals surface area contributed by atoms with Crippen molar-refractivity contribution in [2.75, 3.05) is 0 Å². The molecular weight excluding hydrogens is 302 g/mol. The summed E-state index contributed by atoms with van der Waals surface area (Å²) >= 11 is 0. The molecule has 0 aliphatic heterocycles. The highest BCUT2D eigenvalue weighted by atomic mass is 16.5. The van der Waals surface area contributed by atoms with Gasteiger partial charge in [0.25, 0.3) is 0 Å². The van der Waals surface area contributed by atoms with Crippen LogP contribution in [0.4, 0.5) is 0 Å². The van der Waals surface area contributed by atoms with Gasteiger partial charge in [0.1, 0.15) is 0 Å². The molecule has 0 unspecified atom stereocenters. The van der Waals surface area contributed by atoms with E-state index in [-0.39, 0.29) is 0 Å².